The summed E-state index contributed by atoms with van der Waals surface area (Å²) in [7, 11) is -2.39. The highest BCUT2D eigenvalue weighted by molar-refractivity contribution is 6.99. The van der Waals surface area contributed by atoms with Crippen molar-refractivity contribution in [2.24, 2.45) is 5.92 Å². The van der Waals surface area contributed by atoms with Crippen LogP contribution < -0.4 is 10.4 Å². The van der Waals surface area contributed by atoms with Crippen molar-refractivity contribution in [2.75, 3.05) is 0 Å². The van der Waals surface area contributed by atoms with Crippen LogP contribution >= 0.6 is 0 Å². The fourth-order valence-electron chi connectivity index (χ4n) is 4.71. The number of hydrogen-bond donors (Lipinski definition) is 0. The van der Waals surface area contributed by atoms with Gasteiger partial charge in [-0.3, -0.25) is 0 Å². The summed E-state index contributed by atoms with van der Waals surface area (Å²) in [5.41, 5.74) is 0. The Morgan fingerprint density at radius 1 is 0.846 bits per heavy atom. The minimum absolute atomic E-state index is 0.0748. The molecular formula is C24H34OSi. The summed E-state index contributed by atoms with van der Waals surface area (Å²) in [5.74, 6) is 0.699. The number of rotatable bonds is 5. The van der Waals surface area contributed by atoms with Gasteiger partial charge in [-0.05, 0) is 34.2 Å². The topological polar surface area (TPSA) is 9.23 Å². The van der Waals surface area contributed by atoms with Crippen LogP contribution in [0, 0.1) is 5.92 Å². The zero-order valence-corrected chi connectivity index (χ0v) is 17.9. The molecule has 140 valence electrons. The maximum absolute atomic E-state index is 7.36. The highest BCUT2D eigenvalue weighted by atomic mass is 28.4. The number of benzene rings is 2. The Kier molecular flexibility index (Phi) is 6.04. The Morgan fingerprint density at radius 2 is 1.35 bits per heavy atom. The molecule has 0 saturated heterocycles. The van der Waals surface area contributed by atoms with Gasteiger partial charge >= 0.3 is 0 Å². The molecular weight excluding hydrogens is 332 g/mol. The van der Waals surface area contributed by atoms with Crippen LogP contribution in [0.1, 0.15) is 59.8 Å². The lowest BCUT2D eigenvalue weighted by molar-refractivity contribution is 0.0811. The molecule has 1 aliphatic rings. The minimum atomic E-state index is -2.39. The lowest BCUT2D eigenvalue weighted by Gasteiger charge is -2.47. The molecule has 3 rings (SSSR count). The van der Waals surface area contributed by atoms with Gasteiger partial charge in [-0.15, -0.1) is 0 Å². The van der Waals surface area contributed by atoms with Gasteiger partial charge in [-0.1, -0.05) is 108 Å². The molecule has 0 aromatic heterocycles. The first kappa shape index (κ1) is 19.4. The van der Waals surface area contributed by atoms with E-state index in [1.54, 1.807) is 0 Å². The van der Waals surface area contributed by atoms with Crippen LogP contribution in [0.25, 0.3) is 0 Å². The zero-order valence-electron chi connectivity index (χ0n) is 16.9. The average molecular weight is 367 g/mol. The molecule has 2 atom stereocenters. The third kappa shape index (κ3) is 3.68. The van der Waals surface area contributed by atoms with Gasteiger partial charge in [-0.25, -0.2) is 0 Å². The van der Waals surface area contributed by atoms with E-state index in [9.17, 15) is 0 Å². The SMILES string of the molecule is CC[C@H]1CCCC[C@H]1O[Si](c1ccccc1)(c1ccccc1)C(C)(C)C. The van der Waals surface area contributed by atoms with E-state index in [-0.39, 0.29) is 5.04 Å². The Bertz CT molecular complexity index is 635. The molecule has 2 aromatic carbocycles. The monoisotopic (exact) mass is 366 g/mol. The van der Waals surface area contributed by atoms with Gasteiger partial charge in [0.25, 0.3) is 8.32 Å². The van der Waals surface area contributed by atoms with Crippen LogP contribution in [0.3, 0.4) is 0 Å². The third-order valence-electron chi connectivity index (χ3n) is 6.11. The zero-order chi connectivity index (χ0) is 18.6. The standard InChI is InChI=1S/C24H34OSi/c1-5-20-14-12-13-19-23(20)25-26(24(2,3)4,21-15-8-6-9-16-21)22-17-10-7-11-18-22/h6-11,15-18,20,23H,5,12-14,19H2,1-4H3/t20-,23+/m0/s1. The second kappa shape index (κ2) is 8.10. The molecule has 26 heavy (non-hydrogen) atoms. The fourth-order valence-corrected chi connectivity index (χ4v) is 9.49. The van der Waals surface area contributed by atoms with Crippen LogP contribution in [-0.2, 0) is 4.43 Å². The average Bonchev–Trinajstić information content (AvgIpc) is 2.67. The van der Waals surface area contributed by atoms with E-state index in [1.165, 1.54) is 42.5 Å². The summed E-state index contributed by atoms with van der Waals surface area (Å²) < 4.78 is 7.36. The van der Waals surface area contributed by atoms with Crippen molar-refractivity contribution in [3.63, 3.8) is 0 Å². The van der Waals surface area contributed by atoms with Crippen molar-refractivity contribution >= 4 is 18.7 Å². The van der Waals surface area contributed by atoms with E-state index in [0.717, 1.165) is 0 Å². The largest absolute Gasteiger partial charge is 0.404 e. The molecule has 0 heterocycles. The molecule has 0 aliphatic heterocycles. The second-order valence-electron chi connectivity index (χ2n) is 8.77. The van der Waals surface area contributed by atoms with Crippen LogP contribution in [-0.4, -0.2) is 14.4 Å². The molecule has 1 saturated carbocycles. The Labute approximate surface area is 160 Å². The van der Waals surface area contributed by atoms with Gasteiger partial charge in [0.05, 0.1) is 0 Å². The number of hydrogen-bond acceptors (Lipinski definition) is 1. The van der Waals surface area contributed by atoms with E-state index < -0.39 is 8.32 Å². The van der Waals surface area contributed by atoms with Gasteiger partial charge < -0.3 is 4.43 Å². The Morgan fingerprint density at radius 3 is 1.81 bits per heavy atom. The van der Waals surface area contributed by atoms with Crippen LogP contribution in [0.4, 0.5) is 0 Å². The van der Waals surface area contributed by atoms with Crippen LogP contribution in [0.15, 0.2) is 60.7 Å². The first-order chi connectivity index (χ1) is 12.5. The second-order valence-corrected chi connectivity index (χ2v) is 13.0. The van der Waals surface area contributed by atoms with E-state index >= 15 is 0 Å². The van der Waals surface area contributed by atoms with Gasteiger partial charge in [-0.2, -0.15) is 0 Å². The van der Waals surface area contributed by atoms with Gasteiger partial charge in [0.1, 0.15) is 0 Å². The quantitative estimate of drug-likeness (QED) is 0.632. The van der Waals surface area contributed by atoms with Gasteiger partial charge in [0.2, 0.25) is 0 Å². The maximum Gasteiger partial charge on any atom is 0.261 e. The van der Waals surface area contributed by atoms with E-state index in [4.69, 9.17) is 4.43 Å². The van der Waals surface area contributed by atoms with E-state index in [0.29, 0.717) is 12.0 Å². The van der Waals surface area contributed by atoms with Crippen molar-refractivity contribution in [1.29, 1.82) is 0 Å². The van der Waals surface area contributed by atoms with E-state index in [1.807, 2.05) is 0 Å². The molecule has 1 aliphatic carbocycles. The predicted molar refractivity (Wildman–Crippen MR) is 115 cm³/mol. The van der Waals surface area contributed by atoms with Crippen molar-refractivity contribution in [3.05, 3.63) is 60.7 Å². The lowest BCUT2D eigenvalue weighted by atomic mass is 9.85. The molecule has 1 nitrogen and oxygen atoms in total. The van der Waals surface area contributed by atoms with E-state index in [2.05, 4.69) is 88.4 Å². The predicted octanol–water partition coefficient (Wildman–Crippen LogP) is 5.53. The lowest BCUT2D eigenvalue weighted by Crippen LogP contribution is -2.68. The molecule has 0 unspecified atom stereocenters. The van der Waals surface area contributed by atoms with Gasteiger partial charge in [0, 0.05) is 6.10 Å². The summed E-state index contributed by atoms with van der Waals surface area (Å²) in [6.07, 6.45) is 6.81. The molecule has 0 amide bonds. The fraction of sp³-hybridized carbons (Fsp3) is 0.500. The third-order valence-corrected chi connectivity index (χ3v) is 11.2. The van der Waals surface area contributed by atoms with Crippen molar-refractivity contribution in [3.8, 4) is 0 Å². The van der Waals surface area contributed by atoms with Crippen molar-refractivity contribution in [2.45, 2.75) is 70.9 Å². The summed E-state index contributed by atoms with van der Waals surface area (Å²) in [5, 5.41) is 2.88. The molecule has 2 aromatic rings. The summed E-state index contributed by atoms with van der Waals surface area (Å²) in [4.78, 5) is 0. The first-order valence-electron chi connectivity index (χ1n) is 10.3. The molecule has 0 N–H and O–H groups in total. The maximum atomic E-state index is 7.36. The first-order valence-corrected chi connectivity index (χ1v) is 12.2. The summed E-state index contributed by atoms with van der Waals surface area (Å²) in [6, 6.07) is 22.1. The minimum Gasteiger partial charge on any atom is -0.404 e. The molecule has 0 bridgehead atoms. The van der Waals surface area contributed by atoms with Crippen LogP contribution in [0.5, 0.6) is 0 Å². The van der Waals surface area contributed by atoms with Gasteiger partial charge in [0.15, 0.2) is 0 Å². The van der Waals surface area contributed by atoms with Crippen molar-refractivity contribution in [1.82, 2.24) is 0 Å². The summed E-state index contributed by atoms with van der Waals surface area (Å²) in [6.45, 7) is 9.46. The molecule has 0 radical (unpaired) electrons. The highest BCUT2D eigenvalue weighted by Crippen LogP contribution is 2.40. The molecule has 2 heteroatoms. The normalized spacial score (nSPS) is 21.5. The Balaban J connectivity index is 2.14. The smallest absolute Gasteiger partial charge is 0.261 e. The summed E-state index contributed by atoms with van der Waals surface area (Å²) >= 11 is 0. The Hall–Kier alpha value is -1.38. The van der Waals surface area contributed by atoms with Crippen molar-refractivity contribution < 1.29 is 4.43 Å². The molecule has 0 spiro atoms. The van der Waals surface area contributed by atoms with Crippen LogP contribution in [0.2, 0.25) is 5.04 Å². The highest BCUT2D eigenvalue weighted by Gasteiger charge is 2.52. The molecule has 1 fully saturated rings.